The molecule has 0 spiro atoms. The molecule has 14 heavy (non-hydrogen) atoms. The molecule has 1 aromatic rings. The van der Waals surface area contributed by atoms with Gasteiger partial charge >= 0.3 is 0 Å². The van der Waals surface area contributed by atoms with Crippen LogP contribution in [0.2, 0.25) is 0 Å². The summed E-state index contributed by atoms with van der Waals surface area (Å²) >= 11 is 3.50. The Hall–Kier alpha value is -0.240. The van der Waals surface area contributed by atoms with Gasteiger partial charge in [-0.15, -0.1) is 0 Å². The molecule has 1 aromatic heterocycles. The molecule has 1 rings (SSSR count). The van der Waals surface area contributed by atoms with Crippen LogP contribution >= 0.6 is 15.9 Å². The molecule has 80 valence electrons. The molecule has 0 aliphatic carbocycles. The smallest absolute Gasteiger partial charge is 0.0247 e. The predicted octanol–water partition coefficient (Wildman–Crippen LogP) is 3.70. The fourth-order valence-corrected chi connectivity index (χ4v) is 2.30. The van der Waals surface area contributed by atoms with E-state index in [4.69, 9.17) is 0 Å². The van der Waals surface area contributed by atoms with Gasteiger partial charge in [-0.2, -0.15) is 0 Å². The van der Waals surface area contributed by atoms with E-state index in [0.29, 0.717) is 0 Å². The first-order valence-electron chi connectivity index (χ1n) is 5.27. The van der Waals surface area contributed by atoms with Gasteiger partial charge in [-0.05, 0) is 37.8 Å². The molecule has 0 amide bonds. The highest BCUT2D eigenvalue weighted by Crippen LogP contribution is 2.17. The number of nitrogens with zero attached hydrogens (tertiary/aromatic N) is 1. The average molecular weight is 258 g/mol. The van der Waals surface area contributed by atoms with Gasteiger partial charge in [0, 0.05) is 23.3 Å². The van der Waals surface area contributed by atoms with Crippen LogP contribution in [0.25, 0.3) is 0 Å². The molecule has 0 aromatic carbocycles. The standard InChI is InChI=1S/C12H20BrN/c1-9(2)8-14-10(3)7-12(5-6-13)11(14)4/h7,9H,5-6,8H2,1-4H3. The highest BCUT2D eigenvalue weighted by molar-refractivity contribution is 9.09. The van der Waals surface area contributed by atoms with Gasteiger partial charge < -0.3 is 4.57 Å². The maximum absolute atomic E-state index is 3.50. The Morgan fingerprint density at radius 2 is 2.00 bits per heavy atom. The van der Waals surface area contributed by atoms with Gasteiger partial charge in [-0.25, -0.2) is 0 Å². The zero-order chi connectivity index (χ0) is 10.7. The summed E-state index contributed by atoms with van der Waals surface area (Å²) in [7, 11) is 0. The van der Waals surface area contributed by atoms with Crippen molar-refractivity contribution in [2.45, 2.75) is 40.7 Å². The van der Waals surface area contributed by atoms with E-state index in [2.05, 4.69) is 54.3 Å². The molecular weight excluding hydrogens is 238 g/mol. The fourth-order valence-electron chi connectivity index (χ4n) is 1.87. The van der Waals surface area contributed by atoms with Gasteiger partial charge in [0.25, 0.3) is 0 Å². The van der Waals surface area contributed by atoms with Crippen molar-refractivity contribution in [1.29, 1.82) is 0 Å². The van der Waals surface area contributed by atoms with Crippen LogP contribution < -0.4 is 0 Å². The van der Waals surface area contributed by atoms with Crippen LogP contribution in [0.3, 0.4) is 0 Å². The molecule has 0 aliphatic rings. The quantitative estimate of drug-likeness (QED) is 0.726. The van der Waals surface area contributed by atoms with E-state index in [1.54, 1.807) is 0 Å². The highest BCUT2D eigenvalue weighted by atomic mass is 79.9. The minimum atomic E-state index is 0.719. The lowest BCUT2D eigenvalue weighted by Gasteiger charge is -2.12. The van der Waals surface area contributed by atoms with E-state index in [1.807, 2.05) is 0 Å². The SMILES string of the molecule is Cc1cc(CCBr)c(C)n1CC(C)C. The summed E-state index contributed by atoms with van der Waals surface area (Å²) < 4.78 is 2.43. The predicted molar refractivity (Wildman–Crippen MR) is 66.2 cm³/mol. The Morgan fingerprint density at radius 3 is 2.50 bits per heavy atom. The number of hydrogen-bond donors (Lipinski definition) is 0. The van der Waals surface area contributed by atoms with Gasteiger partial charge in [0.05, 0.1) is 0 Å². The maximum Gasteiger partial charge on any atom is 0.0247 e. The summed E-state index contributed by atoms with van der Waals surface area (Å²) in [4.78, 5) is 0. The molecule has 0 bridgehead atoms. The van der Waals surface area contributed by atoms with E-state index in [9.17, 15) is 0 Å². The second kappa shape index (κ2) is 5.01. The minimum Gasteiger partial charge on any atom is -0.349 e. The highest BCUT2D eigenvalue weighted by Gasteiger charge is 2.08. The Kier molecular flexibility index (Phi) is 4.24. The van der Waals surface area contributed by atoms with Gasteiger partial charge in [-0.1, -0.05) is 29.8 Å². The normalized spacial score (nSPS) is 11.3. The van der Waals surface area contributed by atoms with E-state index >= 15 is 0 Å². The molecule has 1 heterocycles. The summed E-state index contributed by atoms with van der Waals surface area (Å²) in [5.41, 5.74) is 4.32. The fraction of sp³-hybridized carbons (Fsp3) is 0.667. The first kappa shape index (κ1) is 11.8. The van der Waals surface area contributed by atoms with Crippen molar-refractivity contribution in [2.24, 2.45) is 5.92 Å². The maximum atomic E-state index is 3.50. The zero-order valence-electron chi connectivity index (χ0n) is 9.60. The summed E-state index contributed by atoms with van der Waals surface area (Å²) in [6, 6.07) is 2.32. The van der Waals surface area contributed by atoms with Gasteiger partial charge in [-0.3, -0.25) is 0 Å². The summed E-state index contributed by atoms with van der Waals surface area (Å²) in [6.45, 7) is 10.1. The van der Waals surface area contributed by atoms with E-state index in [0.717, 1.165) is 24.2 Å². The Balaban J connectivity index is 2.92. The van der Waals surface area contributed by atoms with Crippen LogP contribution in [-0.4, -0.2) is 9.90 Å². The number of aryl methyl sites for hydroxylation is 2. The molecule has 2 heteroatoms. The molecule has 0 N–H and O–H groups in total. The second-order valence-corrected chi connectivity index (χ2v) is 5.13. The Morgan fingerprint density at radius 1 is 1.36 bits per heavy atom. The summed E-state index contributed by atoms with van der Waals surface area (Å²) in [5, 5.41) is 1.05. The third kappa shape index (κ3) is 2.63. The first-order chi connectivity index (χ1) is 6.56. The second-order valence-electron chi connectivity index (χ2n) is 4.34. The van der Waals surface area contributed by atoms with Crippen molar-refractivity contribution in [2.75, 3.05) is 5.33 Å². The average Bonchev–Trinajstić information content (AvgIpc) is 2.33. The van der Waals surface area contributed by atoms with Crippen LogP contribution in [0.4, 0.5) is 0 Å². The molecule has 0 atom stereocenters. The largest absolute Gasteiger partial charge is 0.349 e. The summed E-state index contributed by atoms with van der Waals surface area (Å²) in [5.74, 6) is 0.719. The van der Waals surface area contributed by atoms with Crippen molar-refractivity contribution in [1.82, 2.24) is 4.57 Å². The number of alkyl halides is 1. The lowest BCUT2D eigenvalue weighted by molar-refractivity contribution is 0.508. The molecule has 0 saturated carbocycles. The molecular formula is C12H20BrN. The third-order valence-corrected chi connectivity index (χ3v) is 2.99. The topological polar surface area (TPSA) is 4.93 Å². The van der Waals surface area contributed by atoms with Crippen molar-refractivity contribution in [3.8, 4) is 0 Å². The van der Waals surface area contributed by atoms with Gasteiger partial charge in [0.15, 0.2) is 0 Å². The number of rotatable bonds is 4. The lowest BCUT2D eigenvalue weighted by atomic mass is 10.2. The Labute approximate surface area is 95.6 Å². The van der Waals surface area contributed by atoms with Gasteiger partial charge in [0.1, 0.15) is 0 Å². The van der Waals surface area contributed by atoms with Crippen LogP contribution in [0, 0.1) is 19.8 Å². The van der Waals surface area contributed by atoms with Crippen LogP contribution in [0.5, 0.6) is 0 Å². The molecule has 0 radical (unpaired) electrons. The van der Waals surface area contributed by atoms with Crippen LogP contribution in [-0.2, 0) is 13.0 Å². The van der Waals surface area contributed by atoms with Gasteiger partial charge in [0.2, 0.25) is 0 Å². The summed E-state index contributed by atoms with van der Waals surface area (Å²) in [6.07, 6.45) is 1.14. The van der Waals surface area contributed by atoms with E-state index < -0.39 is 0 Å². The van der Waals surface area contributed by atoms with E-state index in [-0.39, 0.29) is 0 Å². The number of aromatic nitrogens is 1. The Bertz CT molecular complexity index is 300. The van der Waals surface area contributed by atoms with Crippen molar-refractivity contribution in [3.63, 3.8) is 0 Å². The molecule has 1 nitrogen and oxygen atoms in total. The van der Waals surface area contributed by atoms with Crippen LogP contribution in [0.1, 0.15) is 30.8 Å². The number of halogens is 1. The minimum absolute atomic E-state index is 0.719. The van der Waals surface area contributed by atoms with Crippen molar-refractivity contribution < 1.29 is 0 Å². The molecule has 0 saturated heterocycles. The van der Waals surface area contributed by atoms with Crippen LogP contribution in [0.15, 0.2) is 6.07 Å². The van der Waals surface area contributed by atoms with Crippen molar-refractivity contribution in [3.05, 3.63) is 23.0 Å². The monoisotopic (exact) mass is 257 g/mol. The molecule has 0 unspecified atom stereocenters. The number of hydrogen-bond acceptors (Lipinski definition) is 0. The molecule has 0 aliphatic heterocycles. The third-order valence-electron chi connectivity index (χ3n) is 2.59. The lowest BCUT2D eigenvalue weighted by Crippen LogP contribution is -2.08. The van der Waals surface area contributed by atoms with E-state index in [1.165, 1.54) is 17.0 Å². The molecule has 0 fully saturated rings. The first-order valence-corrected chi connectivity index (χ1v) is 6.40. The zero-order valence-corrected chi connectivity index (χ0v) is 11.2. The van der Waals surface area contributed by atoms with Crippen molar-refractivity contribution >= 4 is 15.9 Å².